The van der Waals surface area contributed by atoms with E-state index in [9.17, 15) is 18.0 Å². The molecule has 0 aliphatic carbocycles. The number of ether oxygens (including phenoxy) is 1. The van der Waals surface area contributed by atoms with Crippen molar-refractivity contribution in [1.29, 1.82) is 0 Å². The van der Waals surface area contributed by atoms with Crippen LogP contribution in [0.1, 0.15) is 29.4 Å². The van der Waals surface area contributed by atoms with Crippen LogP contribution in [-0.2, 0) is 9.53 Å². The second-order valence-corrected chi connectivity index (χ2v) is 6.78. The summed E-state index contributed by atoms with van der Waals surface area (Å²) in [5, 5.41) is 16.6. The molecule has 3 heterocycles. The van der Waals surface area contributed by atoms with Gasteiger partial charge in [-0.3, -0.25) is 0 Å². The number of carboxylic acids is 1. The molecule has 13 heteroatoms. The highest BCUT2D eigenvalue weighted by atomic mass is 19.4. The minimum Gasteiger partial charge on any atom is -0.475 e. The summed E-state index contributed by atoms with van der Waals surface area (Å²) in [7, 11) is 1.34. The quantitative estimate of drug-likeness (QED) is 0.597. The van der Waals surface area contributed by atoms with Crippen molar-refractivity contribution < 1.29 is 32.6 Å². The van der Waals surface area contributed by atoms with Gasteiger partial charge in [-0.1, -0.05) is 12.1 Å². The number of fused-ring (bicyclic) bond motifs is 1. The summed E-state index contributed by atoms with van der Waals surface area (Å²) in [5.74, 6) is -2.25. The summed E-state index contributed by atoms with van der Waals surface area (Å²) in [6.45, 7) is 1.70. The molecule has 1 aliphatic rings. The number of carbonyl (C=O) groups is 2. The van der Waals surface area contributed by atoms with Crippen LogP contribution in [0.4, 0.5) is 19.0 Å². The van der Waals surface area contributed by atoms with E-state index < -0.39 is 18.1 Å². The average Bonchev–Trinajstić information content (AvgIpc) is 3.28. The molecule has 1 aromatic carbocycles. The number of hydrogen-bond donors (Lipinski definition) is 1. The smallest absolute Gasteiger partial charge is 0.475 e. The van der Waals surface area contributed by atoms with Gasteiger partial charge in [0, 0.05) is 18.5 Å². The Morgan fingerprint density at radius 2 is 1.81 bits per heavy atom. The lowest BCUT2D eigenvalue weighted by molar-refractivity contribution is -0.192. The first-order valence-corrected chi connectivity index (χ1v) is 9.45. The predicted octanol–water partition coefficient (Wildman–Crippen LogP) is 2.48. The predicted molar refractivity (Wildman–Crippen MR) is 105 cm³/mol. The summed E-state index contributed by atoms with van der Waals surface area (Å²) in [6.07, 6.45) is -0.251. The first kappa shape index (κ1) is 22.9. The Morgan fingerprint density at radius 3 is 2.44 bits per heavy atom. The molecule has 0 bridgehead atoms. The van der Waals surface area contributed by atoms with Crippen molar-refractivity contribution in [2.45, 2.75) is 25.1 Å². The number of aliphatic carboxylic acids is 1. The van der Waals surface area contributed by atoms with Gasteiger partial charge in [-0.05, 0) is 25.0 Å². The number of methoxy groups -OCH3 is 1. The van der Waals surface area contributed by atoms with E-state index in [2.05, 4.69) is 35.9 Å². The van der Waals surface area contributed by atoms with Crippen molar-refractivity contribution in [2.24, 2.45) is 0 Å². The molecule has 0 unspecified atom stereocenters. The Labute approximate surface area is 179 Å². The van der Waals surface area contributed by atoms with Gasteiger partial charge >= 0.3 is 18.1 Å². The molecule has 1 N–H and O–H groups in total. The van der Waals surface area contributed by atoms with E-state index in [4.69, 9.17) is 9.90 Å². The van der Waals surface area contributed by atoms with Crippen LogP contribution in [0.5, 0.6) is 0 Å². The molecular weight excluding hydrogens is 433 g/mol. The van der Waals surface area contributed by atoms with Crippen LogP contribution in [-0.4, -0.2) is 68.4 Å². The molecule has 32 heavy (non-hydrogen) atoms. The lowest BCUT2D eigenvalue weighted by atomic mass is 10.1. The number of nitrogens with zero attached hydrogens (tertiary/aromatic N) is 6. The van der Waals surface area contributed by atoms with E-state index >= 15 is 0 Å². The van der Waals surface area contributed by atoms with E-state index in [0.717, 1.165) is 42.7 Å². The van der Waals surface area contributed by atoms with Crippen LogP contribution in [0.25, 0.3) is 10.9 Å². The van der Waals surface area contributed by atoms with Crippen molar-refractivity contribution in [1.82, 2.24) is 25.0 Å². The van der Waals surface area contributed by atoms with Crippen molar-refractivity contribution in [3.8, 4) is 0 Å². The van der Waals surface area contributed by atoms with Crippen molar-refractivity contribution in [3.05, 3.63) is 42.5 Å². The van der Waals surface area contributed by atoms with Gasteiger partial charge in [-0.2, -0.15) is 23.1 Å². The van der Waals surface area contributed by atoms with Gasteiger partial charge in [0.1, 0.15) is 12.1 Å². The molecule has 0 atom stereocenters. The van der Waals surface area contributed by atoms with Gasteiger partial charge < -0.3 is 14.7 Å². The Morgan fingerprint density at radius 1 is 1.16 bits per heavy atom. The number of anilines is 1. The summed E-state index contributed by atoms with van der Waals surface area (Å²) in [6, 6.07) is 8.20. The number of esters is 1. The van der Waals surface area contributed by atoms with E-state index in [1.54, 1.807) is 11.1 Å². The Bertz CT molecular complexity index is 1090. The van der Waals surface area contributed by atoms with E-state index in [-0.39, 0.29) is 11.7 Å². The molecule has 10 nitrogen and oxygen atoms in total. The van der Waals surface area contributed by atoms with E-state index in [1.165, 1.54) is 13.3 Å². The minimum absolute atomic E-state index is 0.169. The fourth-order valence-corrected chi connectivity index (χ4v) is 3.20. The number of piperidine rings is 1. The maximum absolute atomic E-state index is 11.5. The molecule has 0 amide bonds. The number of para-hydroxylation sites is 1. The minimum atomic E-state index is -5.08. The number of rotatable bonds is 3. The Kier molecular flexibility index (Phi) is 6.85. The van der Waals surface area contributed by atoms with Crippen molar-refractivity contribution in [3.63, 3.8) is 0 Å². The highest BCUT2D eigenvalue weighted by Crippen LogP contribution is 2.28. The third-order valence-electron chi connectivity index (χ3n) is 4.76. The zero-order valence-electron chi connectivity index (χ0n) is 16.9. The standard InChI is InChI=1S/C17H18N6O2.C2HF3O2/c1-25-17(24)15-10-20-23(21-15)12-6-8-22(9-7-12)16-13-4-2-3-5-14(13)18-11-19-16;3-2(4,5)1(6)7/h2-5,10-12H,6-9H2,1H3;(H,6,7). The number of carbonyl (C=O) groups excluding carboxylic acids is 1. The third-order valence-corrected chi connectivity index (χ3v) is 4.76. The van der Waals surface area contributed by atoms with Gasteiger partial charge in [-0.25, -0.2) is 19.6 Å². The van der Waals surface area contributed by atoms with E-state index in [1.807, 2.05) is 18.2 Å². The van der Waals surface area contributed by atoms with Gasteiger partial charge in [-0.15, -0.1) is 5.10 Å². The SMILES string of the molecule is COC(=O)c1cnn(C2CCN(c3ncnc4ccccc34)CC2)n1.O=C(O)C(F)(F)F. The maximum atomic E-state index is 11.5. The molecule has 1 aliphatic heterocycles. The van der Waals surface area contributed by atoms with Crippen molar-refractivity contribution in [2.75, 3.05) is 25.1 Å². The number of aromatic nitrogens is 5. The molecule has 4 rings (SSSR count). The molecule has 0 radical (unpaired) electrons. The summed E-state index contributed by atoms with van der Waals surface area (Å²) in [5.41, 5.74) is 1.19. The molecule has 3 aromatic rings. The maximum Gasteiger partial charge on any atom is 0.490 e. The number of hydrogen-bond acceptors (Lipinski definition) is 8. The van der Waals surface area contributed by atoms with Crippen LogP contribution in [0.15, 0.2) is 36.8 Å². The zero-order chi connectivity index (χ0) is 23.3. The molecule has 0 spiro atoms. The van der Waals surface area contributed by atoms with Gasteiger partial charge in [0.25, 0.3) is 0 Å². The largest absolute Gasteiger partial charge is 0.490 e. The molecule has 0 saturated carbocycles. The third kappa shape index (κ3) is 5.28. The van der Waals surface area contributed by atoms with Crippen LogP contribution in [0.3, 0.4) is 0 Å². The number of alkyl halides is 3. The fraction of sp³-hybridized carbons (Fsp3) is 0.368. The summed E-state index contributed by atoms with van der Waals surface area (Å²) < 4.78 is 36.4. The molecule has 1 saturated heterocycles. The van der Waals surface area contributed by atoms with Gasteiger partial charge in [0.05, 0.1) is 24.9 Å². The van der Waals surface area contributed by atoms with Gasteiger partial charge in [0.2, 0.25) is 0 Å². The molecular formula is C19H19F3N6O4. The lowest BCUT2D eigenvalue weighted by Gasteiger charge is -2.32. The normalized spacial score (nSPS) is 14.6. The highest BCUT2D eigenvalue weighted by Gasteiger charge is 2.38. The van der Waals surface area contributed by atoms with Crippen LogP contribution in [0.2, 0.25) is 0 Å². The second kappa shape index (κ2) is 9.58. The fourth-order valence-electron chi connectivity index (χ4n) is 3.20. The Hall–Kier alpha value is -3.77. The topological polar surface area (TPSA) is 123 Å². The van der Waals surface area contributed by atoms with Crippen LogP contribution in [0, 0.1) is 0 Å². The van der Waals surface area contributed by atoms with Crippen LogP contribution >= 0.6 is 0 Å². The first-order valence-electron chi connectivity index (χ1n) is 9.45. The molecule has 1 fully saturated rings. The number of benzene rings is 1. The number of halogens is 3. The highest BCUT2D eigenvalue weighted by molar-refractivity contribution is 5.89. The lowest BCUT2D eigenvalue weighted by Crippen LogP contribution is -2.36. The summed E-state index contributed by atoms with van der Waals surface area (Å²) in [4.78, 5) is 33.1. The monoisotopic (exact) mass is 452 g/mol. The average molecular weight is 452 g/mol. The first-order chi connectivity index (χ1) is 15.2. The number of carboxylic acid groups (broad SMARTS) is 1. The van der Waals surface area contributed by atoms with Crippen molar-refractivity contribution >= 4 is 28.7 Å². The van der Waals surface area contributed by atoms with Gasteiger partial charge in [0.15, 0.2) is 5.69 Å². The zero-order valence-corrected chi connectivity index (χ0v) is 16.9. The Balaban J connectivity index is 0.000000360. The van der Waals surface area contributed by atoms with E-state index in [0.29, 0.717) is 0 Å². The molecule has 170 valence electrons. The van der Waals surface area contributed by atoms with Crippen LogP contribution < -0.4 is 4.90 Å². The summed E-state index contributed by atoms with van der Waals surface area (Å²) >= 11 is 0. The second-order valence-electron chi connectivity index (χ2n) is 6.78. The molecule has 2 aromatic heterocycles.